The van der Waals surface area contributed by atoms with Gasteiger partial charge < -0.3 is 19.0 Å². The van der Waals surface area contributed by atoms with Gasteiger partial charge >= 0.3 is 0 Å². The third-order valence-electron chi connectivity index (χ3n) is 9.99. The van der Waals surface area contributed by atoms with Gasteiger partial charge in [0.2, 0.25) is 0 Å². The summed E-state index contributed by atoms with van der Waals surface area (Å²) in [4.78, 5) is 9.64. The second-order valence-corrected chi connectivity index (χ2v) is 18.6. The van der Waals surface area contributed by atoms with E-state index in [2.05, 4.69) is 149 Å². The number of aromatic nitrogens is 3. The molecule has 0 radical (unpaired) electrons. The second kappa shape index (κ2) is 12.9. The number of aryl methyl sites for hydroxylation is 1. The van der Waals surface area contributed by atoms with Crippen LogP contribution in [-0.4, -0.2) is 36.0 Å². The molecule has 1 fully saturated rings. The summed E-state index contributed by atoms with van der Waals surface area (Å²) in [7, 11) is -0.971. The molecule has 250 valence electrons. The van der Waals surface area contributed by atoms with Crippen molar-refractivity contribution < 1.29 is 9.16 Å². The van der Waals surface area contributed by atoms with Crippen LogP contribution in [0, 0.1) is 5.92 Å². The highest BCUT2D eigenvalue weighted by molar-refractivity contribution is 6.32. The van der Waals surface area contributed by atoms with Crippen molar-refractivity contribution in [3.05, 3.63) is 126 Å². The normalized spacial score (nSPS) is 21.7. The lowest BCUT2D eigenvalue weighted by Crippen LogP contribution is -2.47. The van der Waals surface area contributed by atoms with Gasteiger partial charge in [-0.15, -0.1) is 0 Å². The van der Waals surface area contributed by atoms with Gasteiger partial charge in [0.05, 0.1) is 23.1 Å². The maximum Gasteiger partial charge on any atom is 0.168 e. The van der Waals surface area contributed by atoms with E-state index in [1.54, 1.807) is 6.33 Å². The van der Waals surface area contributed by atoms with E-state index in [-0.39, 0.29) is 34.7 Å². The smallest absolute Gasteiger partial charge is 0.168 e. The zero-order valence-corrected chi connectivity index (χ0v) is 30.7. The van der Waals surface area contributed by atoms with Gasteiger partial charge in [0.25, 0.3) is 0 Å². The standard InChI is InChI=1S/C41H50N4O2Si/c1-39(2,3)46-36-26-31(45-24-23-33-37(42-27-43-38(33)45)44-35-22-21-28-15-13-14-20-32(28)35)25-34(36)41(47-48-40(4,5)6,29-16-9-7-10-17-29)30-18-11-8-12-19-30/h7-20,23-24,27,31,34-36H,21-22,25-26,48H2,1-6H3,(H,42,43,44). The Hall–Kier alpha value is -3.78. The number of anilines is 1. The SMILES string of the molecule is CC(C)(C)OC1CC(n2ccc3c(NC4CCc5ccccc54)ncnc32)CC1C(O[SiH2]C(C)(C)C)(c1ccccc1)c1ccccc1. The van der Waals surface area contributed by atoms with Crippen molar-refractivity contribution in [1.29, 1.82) is 0 Å². The maximum atomic E-state index is 7.48. The minimum absolute atomic E-state index is 0.0312. The highest BCUT2D eigenvalue weighted by atomic mass is 28.2. The summed E-state index contributed by atoms with van der Waals surface area (Å²) in [5, 5.41) is 4.96. The van der Waals surface area contributed by atoms with Gasteiger partial charge in [-0.1, -0.05) is 106 Å². The number of fused-ring (bicyclic) bond motifs is 2. The number of rotatable bonds is 9. The Bertz CT molecular complexity index is 1800. The first-order valence-corrected chi connectivity index (χ1v) is 18.9. The molecular formula is C41H50N4O2Si. The molecule has 0 saturated heterocycles. The lowest BCUT2D eigenvalue weighted by molar-refractivity contribution is -0.111. The van der Waals surface area contributed by atoms with Gasteiger partial charge in [0.15, 0.2) is 9.76 Å². The molecule has 0 aliphatic heterocycles. The second-order valence-electron chi connectivity index (χ2n) is 15.9. The topological polar surface area (TPSA) is 61.2 Å². The molecule has 0 spiro atoms. The maximum absolute atomic E-state index is 7.48. The zero-order chi connectivity index (χ0) is 33.5. The van der Waals surface area contributed by atoms with E-state index in [0.717, 1.165) is 42.5 Å². The predicted octanol–water partition coefficient (Wildman–Crippen LogP) is 8.93. The van der Waals surface area contributed by atoms with E-state index < -0.39 is 15.4 Å². The van der Waals surface area contributed by atoms with Crippen LogP contribution < -0.4 is 5.32 Å². The Kier molecular flexibility index (Phi) is 8.81. The molecule has 1 N–H and O–H groups in total. The quantitative estimate of drug-likeness (QED) is 0.160. The summed E-state index contributed by atoms with van der Waals surface area (Å²) in [5.74, 6) is 0.980. The highest BCUT2D eigenvalue weighted by Gasteiger charge is 2.53. The zero-order valence-electron chi connectivity index (χ0n) is 29.3. The van der Waals surface area contributed by atoms with Crippen molar-refractivity contribution in [1.82, 2.24) is 14.5 Å². The van der Waals surface area contributed by atoms with Crippen LogP contribution in [0.15, 0.2) is 104 Å². The molecule has 7 heteroatoms. The van der Waals surface area contributed by atoms with Crippen LogP contribution in [0.3, 0.4) is 0 Å². The fourth-order valence-corrected chi connectivity index (χ4v) is 9.24. The largest absolute Gasteiger partial charge is 0.410 e. The summed E-state index contributed by atoms with van der Waals surface area (Å²) in [6.45, 7) is 13.4. The Morgan fingerprint density at radius 1 is 0.792 bits per heavy atom. The van der Waals surface area contributed by atoms with Crippen LogP contribution in [0.2, 0.25) is 5.04 Å². The molecule has 2 aliphatic carbocycles. The van der Waals surface area contributed by atoms with Crippen molar-refractivity contribution in [3.63, 3.8) is 0 Å². The fraction of sp³-hybridized carbons (Fsp3) is 0.415. The molecule has 4 unspecified atom stereocenters. The van der Waals surface area contributed by atoms with E-state index in [1.165, 1.54) is 22.3 Å². The number of benzene rings is 3. The first-order chi connectivity index (χ1) is 23.0. The molecule has 2 aliphatic rings. The van der Waals surface area contributed by atoms with Crippen molar-refractivity contribution in [2.75, 3.05) is 5.32 Å². The molecule has 48 heavy (non-hydrogen) atoms. The van der Waals surface area contributed by atoms with Gasteiger partial charge in [-0.25, -0.2) is 9.97 Å². The lowest BCUT2D eigenvalue weighted by atomic mass is 9.74. The van der Waals surface area contributed by atoms with Gasteiger partial charge in [0, 0.05) is 18.2 Å². The Morgan fingerprint density at radius 2 is 1.46 bits per heavy atom. The van der Waals surface area contributed by atoms with E-state index in [4.69, 9.17) is 19.1 Å². The Morgan fingerprint density at radius 3 is 2.12 bits per heavy atom. The van der Waals surface area contributed by atoms with Crippen LogP contribution >= 0.6 is 0 Å². The monoisotopic (exact) mass is 658 g/mol. The number of ether oxygens (including phenoxy) is 1. The van der Waals surface area contributed by atoms with Crippen LogP contribution in [0.1, 0.15) is 95.1 Å². The molecule has 2 aromatic heterocycles. The minimum Gasteiger partial charge on any atom is -0.410 e. The van der Waals surface area contributed by atoms with Crippen LogP contribution in [0.25, 0.3) is 11.0 Å². The van der Waals surface area contributed by atoms with Crippen LogP contribution in [0.4, 0.5) is 5.82 Å². The first-order valence-electron chi connectivity index (χ1n) is 17.6. The van der Waals surface area contributed by atoms with Gasteiger partial charge in [-0.2, -0.15) is 0 Å². The van der Waals surface area contributed by atoms with Crippen LogP contribution in [-0.2, 0) is 21.2 Å². The lowest BCUT2D eigenvalue weighted by Gasteiger charge is -2.45. The number of hydrogen-bond acceptors (Lipinski definition) is 5. The van der Waals surface area contributed by atoms with Crippen molar-refractivity contribution in [2.24, 2.45) is 5.92 Å². The summed E-state index contributed by atoms with van der Waals surface area (Å²) < 4.78 is 16.9. The molecule has 1 saturated carbocycles. The van der Waals surface area contributed by atoms with Crippen molar-refractivity contribution >= 4 is 26.6 Å². The molecule has 3 aromatic carbocycles. The summed E-state index contributed by atoms with van der Waals surface area (Å²) in [6.07, 6.45) is 7.83. The Labute approximate surface area is 288 Å². The molecule has 0 bridgehead atoms. The van der Waals surface area contributed by atoms with Crippen molar-refractivity contribution in [3.8, 4) is 0 Å². The number of nitrogens with one attached hydrogen (secondary N) is 1. The van der Waals surface area contributed by atoms with Crippen LogP contribution in [0.5, 0.6) is 0 Å². The van der Waals surface area contributed by atoms with Gasteiger partial charge in [-0.3, -0.25) is 0 Å². The molecule has 6 nitrogen and oxygen atoms in total. The molecular weight excluding hydrogens is 609 g/mol. The molecule has 4 atom stereocenters. The third kappa shape index (κ3) is 6.48. The minimum atomic E-state index is -0.971. The number of nitrogens with zero attached hydrogens (tertiary/aromatic N) is 3. The molecule has 0 amide bonds. The van der Waals surface area contributed by atoms with Crippen molar-refractivity contribution in [2.45, 2.75) is 102 Å². The highest BCUT2D eigenvalue weighted by Crippen LogP contribution is 2.53. The third-order valence-corrected chi connectivity index (χ3v) is 11.5. The number of hydrogen-bond donors (Lipinski definition) is 1. The molecule has 5 aromatic rings. The Balaban J connectivity index is 1.30. The van der Waals surface area contributed by atoms with Gasteiger partial charge in [0.1, 0.15) is 23.4 Å². The van der Waals surface area contributed by atoms with E-state index in [0.29, 0.717) is 0 Å². The van der Waals surface area contributed by atoms with E-state index >= 15 is 0 Å². The summed E-state index contributed by atoms with van der Waals surface area (Å²) in [5.41, 5.74) is 5.21. The van der Waals surface area contributed by atoms with Gasteiger partial charge in [-0.05, 0) is 79.8 Å². The first kappa shape index (κ1) is 32.7. The fourth-order valence-electron chi connectivity index (χ4n) is 8.04. The molecule has 2 heterocycles. The predicted molar refractivity (Wildman–Crippen MR) is 198 cm³/mol. The molecule has 7 rings (SSSR count). The average Bonchev–Trinajstić information content (AvgIpc) is 3.79. The van der Waals surface area contributed by atoms with E-state index in [9.17, 15) is 0 Å². The van der Waals surface area contributed by atoms with E-state index in [1.807, 2.05) is 0 Å². The average molecular weight is 659 g/mol. The summed E-state index contributed by atoms with van der Waals surface area (Å²) in [6, 6.07) is 33.2. The summed E-state index contributed by atoms with van der Waals surface area (Å²) >= 11 is 0.